The summed E-state index contributed by atoms with van der Waals surface area (Å²) in [6, 6.07) is 8.49. The minimum atomic E-state index is -6.00. The van der Waals surface area contributed by atoms with Gasteiger partial charge in [0.05, 0.1) is 6.42 Å². The van der Waals surface area contributed by atoms with E-state index in [-0.39, 0.29) is 17.9 Å². The molecule has 2 rings (SSSR count). The van der Waals surface area contributed by atoms with Crippen molar-refractivity contribution in [1.29, 1.82) is 0 Å². The molecule has 2 aromatic carbocycles. The van der Waals surface area contributed by atoms with Gasteiger partial charge in [-0.15, -0.1) is 0 Å². The Balaban J connectivity index is 2.10. The van der Waals surface area contributed by atoms with Crippen LogP contribution in [0.1, 0.15) is 16.7 Å². The molecular weight excluding hydrogens is 440 g/mol. The number of benzene rings is 2. The van der Waals surface area contributed by atoms with Crippen molar-refractivity contribution in [3.63, 3.8) is 0 Å². The van der Waals surface area contributed by atoms with Crippen LogP contribution in [0.25, 0.3) is 0 Å². The number of anilines is 1. The molecule has 0 saturated carbocycles. The number of nitrogens with one attached hydrogen (secondary N) is 1. The van der Waals surface area contributed by atoms with Crippen LogP contribution in [0.2, 0.25) is 0 Å². The first-order valence-electron chi connectivity index (χ1n) is 8.14. The molecule has 12 heteroatoms. The SMILES string of the molecule is O=C(Cc1ccc(CS(=O)[O-])cc1)Nc1ccc(C(O)(C(F)(F)F)C(F)(F)F)cc1. The lowest BCUT2D eigenvalue weighted by atomic mass is 9.92. The van der Waals surface area contributed by atoms with Gasteiger partial charge in [0.1, 0.15) is 0 Å². The normalized spacial score (nSPS) is 13.7. The summed E-state index contributed by atoms with van der Waals surface area (Å²) in [5.74, 6) is -0.800. The van der Waals surface area contributed by atoms with Gasteiger partial charge in [-0.3, -0.25) is 9.00 Å². The molecular formula is C18H14F6NO4S-. The lowest BCUT2D eigenvalue weighted by molar-refractivity contribution is -0.376. The highest BCUT2D eigenvalue weighted by molar-refractivity contribution is 7.78. The molecule has 0 bridgehead atoms. The van der Waals surface area contributed by atoms with E-state index in [9.17, 15) is 45.0 Å². The van der Waals surface area contributed by atoms with Crippen LogP contribution in [0.15, 0.2) is 48.5 Å². The molecule has 164 valence electrons. The quantitative estimate of drug-likeness (QED) is 0.516. The van der Waals surface area contributed by atoms with Crippen LogP contribution in [0.3, 0.4) is 0 Å². The summed E-state index contributed by atoms with van der Waals surface area (Å²) in [7, 11) is 0. The van der Waals surface area contributed by atoms with Crippen LogP contribution in [0.5, 0.6) is 0 Å². The summed E-state index contributed by atoms with van der Waals surface area (Å²) in [5.41, 5.74) is -5.54. The Kier molecular flexibility index (Phi) is 6.94. The molecule has 0 aliphatic carbocycles. The summed E-state index contributed by atoms with van der Waals surface area (Å²) in [4.78, 5) is 12.0. The topological polar surface area (TPSA) is 89.5 Å². The van der Waals surface area contributed by atoms with E-state index in [0.717, 1.165) is 12.1 Å². The zero-order valence-corrected chi connectivity index (χ0v) is 15.7. The van der Waals surface area contributed by atoms with Gasteiger partial charge in [0.2, 0.25) is 5.91 Å². The number of carbonyl (C=O) groups is 1. The molecule has 0 radical (unpaired) electrons. The number of hydrogen-bond donors (Lipinski definition) is 2. The van der Waals surface area contributed by atoms with Crippen LogP contribution >= 0.6 is 0 Å². The molecule has 0 aromatic heterocycles. The van der Waals surface area contributed by atoms with Crippen molar-refractivity contribution in [3.8, 4) is 0 Å². The second kappa shape index (κ2) is 8.74. The largest absolute Gasteiger partial charge is 0.772 e. The maximum atomic E-state index is 12.9. The van der Waals surface area contributed by atoms with Crippen molar-refractivity contribution in [1.82, 2.24) is 0 Å². The Hall–Kier alpha value is -2.44. The standard InChI is InChI=1S/C18H15F6NO4S/c19-17(20,21)16(27,18(22,23)24)13-5-7-14(8-6-13)25-15(26)9-11-1-3-12(4-2-11)10-30(28)29/h1-8,27H,9-10H2,(H,25,26)(H,28,29)/p-1. The third kappa shape index (κ3) is 5.37. The van der Waals surface area contributed by atoms with Crippen molar-refractivity contribution in [2.45, 2.75) is 30.1 Å². The van der Waals surface area contributed by atoms with Crippen LogP contribution in [0.4, 0.5) is 32.0 Å². The zero-order valence-electron chi connectivity index (χ0n) is 14.9. The van der Waals surface area contributed by atoms with Gasteiger partial charge in [-0.1, -0.05) is 47.5 Å². The number of amides is 1. The highest BCUT2D eigenvalue weighted by atomic mass is 32.2. The molecule has 1 unspecified atom stereocenters. The molecule has 30 heavy (non-hydrogen) atoms. The van der Waals surface area contributed by atoms with Crippen LogP contribution in [-0.4, -0.2) is 32.1 Å². The fraction of sp³-hybridized carbons (Fsp3) is 0.278. The van der Waals surface area contributed by atoms with Crippen molar-refractivity contribution in [3.05, 3.63) is 65.2 Å². The molecule has 2 N–H and O–H groups in total. The predicted molar refractivity (Wildman–Crippen MR) is 93.8 cm³/mol. The molecule has 0 saturated heterocycles. The molecule has 0 fully saturated rings. The van der Waals surface area contributed by atoms with Gasteiger partial charge < -0.3 is 15.0 Å². The second-order valence-electron chi connectivity index (χ2n) is 6.27. The molecule has 2 aromatic rings. The first-order valence-corrected chi connectivity index (χ1v) is 9.38. The zero-order chi connectivity index (χ0) is 22.7. The smallest absolute Gasteiger partial charge is 0.430 e. The maximum absolute atomic E-state index is 12.9. The summed E-state index contributed by atoms with van der Waals surface area (Å²) in [6.07, 6.45) is -12.2. The number of carbonyl (C=O) groups excluding carboxylic acids is 1. The van der Waals surface area contributed by atoms with Crippen molar-refractivity contribution in [2.75, 3.05) is 5.32 Å². The van der Waals surface area contributed by atoms with Crippen LogP contribution in [-0.2, 0) is 33.6 Å². The van der Waals surface area contributed by atoms with Gasteiger partial charge >= 0.3 is 12.4 Å². The Morgan fingerprint density at radius 3 is 1.80 bits per heavy atom. The summed E-state index contributed by atoms with van der Waals surface area (Å²) in [6.45, 7) is 0. The monoisotopic (exact) mass is 454 g/mol. The summed E-state index contributed by atoms with van der Waals surface area (Å²) >= 11 is -2.27. The highest BCUT2D eigenvalue weighted by Crippen LogP contribution is 2.50. The van der Waals surface area contributed by atoms with Crippen molar-refractivity contribution >= 4 is 22.7 Å². The first kappa shape index (κ1) is 23.8. The fourth-order valence-electron chi connectivity index (χ4n) is 2.56. The van der Waals surface area contributed by atoms with E-state index in [1.165, 1.54) is 24.3 Å². The van der Waals surface area contributed by atoms with E-state index < -0.39 is 40.5 Å². The summed E-state index contributed by atoms with van der Waals surface area (Å²) < 4.78 is 98.4. The van der Waals surface area contributed by atoms with Gasteiger partial charge in [-0.05, 0) is 23.3 Å². The van der Waals surface area contributed by atoms with Gasteiger partial charge in [0.25, 0.3) is 5.60 Å². The van der Waals surface area contributed by atoms with E-state index in [1.54, 1.807) is 0 Å². The molecule has 0 spiro atoms. The molecule has 0 aliphatic rings. The van der Waals surface area contributed by atoms with Crippen molar-refractivity contribution < 1.29 is 45.0 Å². The van der Waals surface area contributed by atoms with Gasteiger partial charge in [0.15, 0.2) is 0 Å². The fourth-order valence-corrected chi connectivity index (χ4v) is 3.03. The summed E-state index contributed by atoms with van der Waals surface area (Å²) in [5, 5.41) is 11.6. The number of hydrogen-bond acceptors (Lipinski definition) is 4. The van der Waals surface area contributed by atoms with E-state index in [4.69, 9.17) is 0 Å². The minimum Gasteiger partial charge on any atom is -0.772 e. The number of alkyl halides is 6. The average Bonchev–Trinajstić information content (AvgIpc) is 2.61. The third-order valence-corrected chi connectivity index (χ3v) is 4.65. The molecule has 0 heterocycles. The van der Waals surface area contributed by atoms with Crippen molar-refractivity contribution in [2.24, 2.45) is 0 Å². The average molecular weight is 454 g/mol. The number of halogens is 6. The van der Waals surface area contributed by atoms with E-state index in [2.05, 4.69) is 5.32 Å². The van der Waals surface area contributed by atoms with E-state index in [1.807, 2.05) is 0 Å². The number of rotatable bonds is 6. The lowest BCUT2D eigenvalue weighted by Crippen LogP contribution is -2.53. The third-order valence-electron chi connectivity index (χ3n) is 4.08. The first-order chi connectivity index (χ1) is 13.7. The Morgan fingerprint density at radius 1 is 0.900 bits per heavy atom. The molecule has 1 amide bonds. The lowest BCUT2D eigenvalue weighted by Gasteiger charge is -2.32. The van der Waals surface area contributed by atoms with E-state index in [0.29, 0.717) is 23.3 Å². The minimum absolute atomic E-state index is 0.0752. The molecule has 5 nitrogen and oxygen atoms in total. The predicted octanol–water partition coefficient (Wildman–Crippen LogP) is 3.56. The van der Waals surface area contributed by atoms with E-state index >= 15 is 0 Å². The van der Waals surface area contributed by atoms with Crippen LogP contribution < -0.4 is 5.32 Å². The molecule has 0 aliphatic heterocycles. The van der Waals surface area contributed by atoms with Gasteiger partial charge in [0, 0.05) is 17.0 Å². The second-order valence-corrected chi connectivity index (χ2v) is 7.17. The Labute approximate surface area is 169 Å². The highest BCUT2D eigenvalue weighted by Gasteiger charge is 2.71. The number of aliphatic hydroxyl groups is 1. The Morgan fingerprint density at radius 2 is 1.37 bits per heavy atom. The maximum Gasteiger partial charge on any atom is 0.430 e. The Bertz CT molecular complexity index is 896. The van der Waals surface area contributed by atoms with Gasteiger partial charge in [-0.25, -0.2) is 0 Å². The van der Waals surface area contributed by atoms with Crippen LogP contribution in [0, 0.1) is 0 Å². The van der Waals surface area contributed by atoms with Gasteiger partial charge in [-0.2, -0.15) is 26.3 Å². The molecule has 1 atom stereocenters.